The number of nitrogens with zero attached hydrogens (tertiary/aromatic N) is 3. The van der Waals surface area contributed by atoms with Crippen molar-refractivity contribution in [3.63, 3.8) is 0 Å². The maximum absolute atomic E-state index is 6.69. The number of rotatable bonds is 4. The molecule has 7 nitrogen and oxygen atoms in total. The van der Waals surface area contributed by atoms with E-state index in [1.54, 1.807) is 20.5 Å². The van der Waals surface area contributed by atoms with Crippen LogP contribution in [0.15, 0.2) is 78.6 Å². The molecular weight excluding hydrogens is 428 g/mol. The molecule has 2 aliphatic heterocycles. The number of methoxy groups -OCH3 is 2. The van der Waals surface area contributed by atoms with Gasteiger partial charge < -0.3 is 19.5 Å². The molecule has 3 aromatic carbocycles. The van der Waals surface area contributed by atoms with Gasteiger partial charge in [0, 0.05) is 16.7 Å². The van der Waals surface area contributed by atoms with Gasteiger partial charge in [-0.1, -0.05) is 35.9 Å². The number of aromatic nitrogens is 3. The van der Waals surface area contributed by atoms with E-state index < -0.39 is 0 Å². The molecule has 7 heteroatoms. The van der Waals surface area contributed by atoms with E-state index in [2.05, 4.69) is 52.7 Å². The lowest BCUT2D eigenvalue weighted by Crippen LogP contribution is -2.32. The Hall–Kier alpha value is -4.26. The van der Waals surface area contributed by atoms with E-state index in [-0.39, 0.29) is 12.1 Å². The van der Waals surface area contributed by atoms with Crippen molar-refractivity contribution >= 4 is 11.6 Å². The fourth-order valence-electron chi connectivity index (χ4n) is 4.77. The number of fused-ring (bicyclic) bond motifs is 3. The Morgan fingerprint density at radius 3 is 2.53 bits per heavy atom. The second-order valence-corrected chi connectivity index (χ2v) is 8.43. The summed E-state index contributed by atoms with van der Waals surface area (Å²) in [6.45, 7) is 2.08. The number of aryl methyl sites for hydroxylation is 1. The van der Waals surface area contributed by atoms with E-state index in [0.29, 0.717) is 5.95 Å². The van der Waals surface area contributed by atoms with E-state index in [1.807, 2.05) is 41.1 Å². The highest BCUT2D eigenvalue weighted by molar-refractivity contribution is 5.85. The molecule has 34 heavy (non-hydrogen) atoms. The maximum atomic E-state index is 6.69. The van der Waals surface area contributed by atoms with Gasteiger partial charge in [-0.2, -0.15) is 10.1 Å². The van der Waals surface area contributed by atoms with Crippen molar-refractivity contribution in [2.75, 3.05) is 19.5 Å². The first-order chi connectivity index (χ1) is 16.7. The lowest BCUT2D eigenvalue weighted by molar-refractivity contribution is 0.222. The zero-order chi connectivity index (χ0) is 23.2. The summed E-state index contributed by atoms with van der Waals surface area (Å²) in [5.74, 6) is 3.10. The number of anilines is 1. The molecule has 1 N–H and O–H groups in total. The number of ether oxygens (including phenoxy) is 3. The molecule has 170 valence electrons. The topological polar surface area (TPSA) is 70.4 Å². The minimum atomic E-state index is -0.350. The first-order valence-corrected chi connectivity index (χ1v) is 11.1. The summed E-state index contributed by atoms with van der Waals surface area (Å²) in [5, 5.41) is 8.13. The second kappa shape index (κ2) is 7.95. The highest BCUT2D eigenvalue weighted by atomic mass is 16.5. The fourth-order valence-corrected chi connectivity index (χ4v) is 4.77. The van der Waals surface area contributed by atoms with Crippen molar-refractivity contribution in [2.24, 2.45) is 0 Å². The third-order valence-corrected chi connectivity index (χ3v) is 6.40. The maximum Gasteiger partial charge on any atom is 0.226 e. The van der Waals surface area contributed by atoms with Gasteiger partial charge in [-0.3, -0.25) is 0 Å². The van der Waals surface area contributed by atoms with Crippen LogP contribution < -0.4 is 19.5 Å². The molecule has 1 aromatic heterocycles. The number of hydrogen-bond acceptors (Lipinski definition) is 6. The first-order valence-electron chi connectivity index (χ1n) is 11.1. The van der Waals surface area contributed by atoms with E-state index in [9.17, 15) is 0 Å². The third kappa shape index (κ3) is 3.20. The summed E-state index contributed by atoms with van der Waals surface area (Å²) in [7, 11) is 3.34. The van der Waals surface area contributed by atoms with Gasteiger partial charge in [0.1, 0.15) is 35.7 Å². The molecule has 2 atom stereocenters. The van der Waals surface area contributed by atoms with Crippen molar-refractivity contribution < 1.29 is 14.2 Å². The quantitative estimate of drug-likeness (QED) is 0.461. The van der Waals surface area contributed by atoms with Crippen molar-refractivity contribution in [3.05, 3.63) is 101 Å². The van der Waals surface area contributed by atoms with Crippen LogP contribution in [0.3, 0.4) is 0 Å². The summed E-state index contributed by atoms with van der Waals surface area (Å²) in [4.78, 5) is 4.50. The highest BCUT2D eigenvalue weighted by Gasteiger charge is 2.41. The Balaban J connectivity index is 1.61. The van der Waals surface area contributed by atoms with Crippen molar-refractivity contribution in [1.82, 2.24) is 14.8 Å². The van der Waals surface area contributed by atoms with Crippen LogP contribution in [0.4, 0.5) is 5.95 Å². The molecule has 0 saturated heterocycles. The molecule has 0 aliphatic carbocycles. The highest BCUT2D eigenvalue weighted by Crippen LogP contribution is 2.51. The van der Waals surface area contributed by atoms with Crippen molar-refractivity contribution in [1.29, 1.82) is 0 Å². The third-order valence-electron chi connectivity index (χ3n) is 6.40. The molecule has 4 aromatic rings. The number of hydrogen-bond donors (Lipinski definition) is 1. The first kappa shape index (κ1) is 20.4. The average Bonchev–Trinajstić information content (AvgIpc) is 3.35. The number of benzene rings is 3. The summed E-state index contributed by atoms with van der Waals surface area (Å²) in [6, 6.07) is 22.1. The van der Waals surface area contributed by atoms with E-state index >= 15 is 0 Å². The molecule has 6 rings (SSSR count). The van der Waals surface area contributed by atoms with Gasteiger partial charge in [0.2, 0.25) is 5.95 Å². The summed E-state index contributed by atoms with van der Waals surface area (Å²) >= 11 is 0. The monoisotopic (exact) mass is 452 g/mol. The minimum absolute atomic E-state index is 0.218. The molecule has 3 heterocycles. The largest absolute Gasteiger partial charge is 0.497 e. The molecule has 0 unspecified atom stereocenters. The standard InChI is InChI=1S/C27H24N4O3/c1-16-7-12-22-21(13-16)24-23(26(34-22)18-5-4-6-20(14-18)33-3)25(31-27(30-24)28-15-29-31)17-8-10-19(32-2)11-9-17/h4-15,25-26H,1-3H3,(H,28,29,30)/t25-,26-/m1/s1. The fraction of sp³-hybridized carbons (Fsp3) is 0.185. The van der Waals surface area contributed by atoms with Crippen LogP contribution in [0.25, 0.3) is 5.70 Å². The zero-order valence-electron chi connectivity index (χ0n) is 19.1. The molecule has 0 saturated carbocycles. The second-order valence-electron chi connectivity index (χ2n) is 8.43. The Kier molecular flexibility index (Phi) is 4.76. The Morgan fingerprint density at radius 2 is 1.74 bits per heavy atom. The van der Waals surface area contributed by atoms with Crippen molar-refractivity contribution in [2.45, 2.75) is 19.1 Å². The molecule has 0 bridgehead atoms. The number of nitrogens with one attached hydrogen (secondary N) is 1. The summed E-state index contributed by atoms with van der Waals surface area (Å²) < 4.78 is 19.5. The lowest BCUT2D eigenvalue weighted by atomic mass is 9.84. The van der Waals surface area contributed by atoms with E-state index in [4.69, 9.17) is 14.2 Å². The SMILES string of the molecule is COc1ccc([C@@H]2C3=C(Nc4ncnn42)c2cc(C)ccc2O[C@@H]3c2cccc(OC)c2)cc1. The van der Waals surface area contributed by atoms with Crippen LogP contribution in [0.1, 0.15) is 34.4 Å². The predicted molar refractivity (Wildman–Crippen MR) is 129 cm³/mol. The molecule has 2 aliphatic rings. The van der Waals surface area contributed by atoms with Crippen LogP contribution in [0.5, 0.6) is 17.2 Å². The Labute approximate surface area is 197 Å². The summed E-state index contributed by atoms with van der Waals surface area (Å²) in [6.07, 6.45) is 1.23. The van der Waals surface area contributed by atoms with Crippen LogP contribution >= 0.6 is 0 Å². The van der Waals surface area contributed by atoms with Gasteiger partial charge in [-0.05, 0) is 48.9 Å². The van der Waals surface area contributed by atoms with E-state index in [0.717, 1.165) is 50.8 Å². The molecular formula is C27H24N4O3. The minimum Gasteiger partial charge on any atom is -0.497 e. The predicted octanol–water partition coefficient (Wildman–Crippen LogP) is 5.16. The molecule has 0 amide bonds. The van der Waals surface area contributed by atoms with Gasteiger partial charge in [-0.25, -0.2) is 4.68 Å². The average molecular weight is 453 g/mol. The zero-order valence-corrected chi connectivity index (χ0v) is 19.1. The normalized spacial score (nSPS) is 18.2. The molecule has 0 spiro atoms. The summed E-state index contributed by atoms with van der Waals surface area (Å²) in [5.41, 5.74) is 6.30. The van der Waals surface area contributed by atoms with Crippen molar-refractivity contribution in [3.8, 4) is 17.2 Å². The lowest BCUT2D eigenvalue weighted by Gasteiger charge is -2.39. The smallest absolute Gasteiger partial charge is 0.226 e. The van der Waals surface area contributed by atoms with Gasteiger partial charge in [0.05, 0.1) is 19.9 Å². The van der Waals surface area contributed by atoms with Crippen LogP contribution in [0.2, 0.25) is 0 Å². The van der Waals surface area contributed by atoms with Crippen LogP contribution in [-0.2, 0) is 0 Å². The molecule has 0 fully saturated rings. The van der Waals surface area contributed by atoms with Gasteiger partial charge in [-0.15, -0.1) is 0 Å². The van der Waals surface area contributed by atoms with Crippen LogP contribution in [-0.4, -0.2) is 29.0 Å². The Bertz CT molecular complexity index is 1410. The van der Waals surface area contributed by atoms with Gasteiger partial charge in [0.25, 0.3) is 0 Å². The van der Waals surface area contributed by atoms with E-state index in [1.165, 1.54) is 0 Å². The molecule has 0 radical (unpaired) electrons. The van der Waals surface area contributed by atoms with Gasteiger partial charge in [0.15, 0.2) is 0 Å². The van der Waals surface area contributed by atoms with Crippen LogP contribution in [0, 0.1) is 6.92 Å². The van der Waals surface area contributed by atoms with Gasteiger partial charge >= 0.3 is 0 Å². The Morgan fingerprint density at radius 1 is 0.912 bits per heavy atom.